The molecule has 0 aliphatic carbocycles. The van der Waals surface area contributed by atoms with E-state index in [-0.39, 0.29) is 5.97 Å². The van der Waals surface area contributed by atoms with Gasteiger partial charge < -0.3 is 4.74 Å². The molecule has 1 atom stereocenters. The van der Waals surface area contributed by atoms with E-state index >= 15 is 0 Å². The van der Waals surface area contributed by atoms with Gasteiger partial charge in [0.25, 0.3) is 0 Å². The minimum atomic E-state index is -0.773. The predicted molar refractivity (Wildman–Crippen MR) is 61.1 cm³/mol. The number of esters is 1. The van der Waals surface area contributed by atoms with Crippen molar-refractivity contribution in [1.82, 2.24) is 0 Å². The topological polar surface area (TPSA) is 26.3 Å². The maximum absolute atomic E-state index is 12.4. The Morgan fingerprint density at radius 1 is 1.31 bits per heavy atom. The molecule has 1 aromatic carbocycles. The lowest BCUT2D eigenvalue weighted by Gasteiger charge is -2.05. The first-order valence-corrected chi connectivity index (χ1v) is 5.56. The molecule has 0 N–H and O–H groups in total. The van der Waals surface area contributed by atoms with Crippen molar-refractivity contribution in [2.45, 2.75) is 32.4 Å². The highest BCUT2D eigenvalue weighted by atomic mass is 19.1. The molecule has 0 unspecified atom stereocenters. The van der Waals surface area contributed by atoms with E-state index in [1.165, 1.54) is 6.92 Å². The third-order valence-electron chi connectivity index (χ3n) is 2.24. The molecule has 2 nitrogen and oxygen atoms in total. The van der Waals surface area contributed by atoms with Crippen molar-refractivity contribution in [3.8, 4) is 0 Å². The van der Waals surface area contributed by atoms with Gasteiger partial charge in [-0.15, -0.1) is 0 Å². The largest absolute Gasteiger partial charge is 0.462 e. The van der Waals surface area contributed by atoms with Crippen LogP contribution in [0.1, 0.15) is 36.5 Å². The molecule has 0 bridgehead atoms. The molecule has 0 fully saturated rings. The standard InChI is InChI=1S/C13H17FO2/c1-11(14)7-5-6-10-16-13(15)12-8-3-2-4-9-12/h2-4,8-9,11H,5-7,10H2,1H3/t11-/m0/s1. The minimum Gasteiger partial charge on any atom is -0.462 e. The van der Waals surface area contributed by atoms with Crippen molar-refractivity contribution in [1.29, 1.82) is 0 Å². The van der Waals surface area contributed by atoms with E-state index in [9.17, 15) is 9.18 Å². The van der Waals surface area contributed by atoms with Gasteiger partial charge in [0, 0.05) is 0 Å². The van der Waals surface area contributed by atoms with Crippen molar-refractivity contribution in [3.63, 3.8) is 0 Å². The fourth-order valence-electron chi connectivity index (χ4n) is 1.35. The number of carbonyl (C=O) groups is 1. The van der Waals surface area contributed by atoms with Crippen LogP contribution >= 0.6 is 0 Å². The summed E-state index contributed by atoms with van der Waals surface area (Å²) in [5.41, 5.74) is 0.557. The monoisotopic (exact) mass is 224 g/mol. The molecular formula is C13H17FO2. The minimum absolute atomic E-state index is 0.311. The number of alkyl halides is 1. The second-order valence-corrected chi connectivity index (χ2v) is 3.78. The zero-order valence-corrected chi connectivity index (χ0v) is 9.49. The lowest BCUT2D eigenvalue weighted by Crippen LogP contribution is -2.06. The van der Waals surface area contributed by atoms with Crippen LogP contribution in [0.4, 0.5) is 4.39 Å². The van der Waals surface area contributed by atoms with E-state index in [1.54, 1.807) is 24.3 Å². The van der Waals surface area contributed by atoms with E-state index in [0.717, 1.165) is 6.42 Å². The lowest BCUT2D eigenvalue weighted by atomic mass is 10.2. The van der Waals surface area contributed by atoms with Gasteiger partial charge in [0.2, 0.25) is 0 Å². The van der Waals surface area contributed by atoms with Crippen molar-refractivity contribution in [2.75, 3.05) is 6.61 Å². The zero-order valence-electron chi connectivity index (χ0n) is 9.49. The normalized spacial score (nSPS) is 12.1. The Bertz CT molecular complexity index is 309. The Morgan fingerprint density at radius 2 is 2.00 bits per heavy atom. The molecule has 0 aromatic heterocycles. The van der Waals surface area contributed by atoms with Crippen molar-refractivity contribution in [3.05, 3.63) is 35.9 Å². The smallest absolute Gasteiger partial charge is 0.338 e. The first kappa shape index (κ1) is 12.7. The molecule has 0 aliphatic rings. The number of rotatable bonds is 6. The average molecular weight is 224 g/mol. The van der Waals surface area contributed by atoms with Crippen LogP contribution in [0.15, 0.2) is 30.3 Å². The van der Waals surface area contributed by atoms with Gasteiger partial charge in [-0.05, 0) is 38.3 Å². The highest BCUT2D eigenvalue weighted by molar-refractivity contribution is 5.89. The summed E-state index contributed by atoms with van der Waals surface area (Å²) >= 11 is 0. The van der Waals surface area contributed by atoms with Crippen LogP contribution < -0.4 is 0 Å². The van der Waals surface area contributed by atoms with Crippen molar-refractivity contribution >= 4 is 5.97 Å². The van der Waals surface area contributed by atoms with Crippen LogP contribution in [0.3, 0.4) is 0 Å². The van der Waals surface area contributed by atoms with Crippen LogP contribution in [-0.4, -0.2) is 18.7 Å². The quantitative estimate of drug-likeness (QED) is 0.547. The molecule has 0 saturated heterocycles. The molecule has 0 amide bonds. The third kappa shape index (κ3) is 4.91. The number of ether oxygens (including phenoxy) is 1. The number of benzene rings is 1. The molecule has 3 heteroatoms. The van der Waals surface area contributed by atoms with Gasteiger partial charge >= 0.3 is 5.97 Å². The van der Waals surface area contributed by atoms with E-state index in [1.807, 2.05) is 6.07 Å². The van der Waals surface area contributed by atoms with Crippen molar-refractivity contribution < 1.29 is 13.9 Å². The molecule has 1 rings (SSSR count). The first-order valence-electron chi connectivity index (χ1n) is 5.56. The van der Waals surface area contributed by atoms with Gasteiger partial charge in [-0.2, -0.15) is 0 Å². The molecule has 0 heterocycles. The van der Waals surface area contributed by atoms with Gasteiger partial charge in [-0.25, -0.2) is 9.18 Å². The summed E-state index contributed by atoms with van der Waals surface area (Å²) in [6, 6.07) is 8.86. The second-order valence-electron chi connectivity index (χ2n) is 3.78. The summed E-state index contributed by atoms with van der Waals surface area (Å²) in [7, 11) is 0. The highest BCUT2D eigenvalue weighted by Crippen LogP contribution is 2.05. The van der Waals surface area contributed by atoms with E-state index < -0.39 is 6.17 Å². The second kappa shape index (κ2) is 6.99. The summed E-state index contributed by atoms with van der Waals surface area (Å²) in [5, 5.41) is 0. The Hall–Kier alpha value is -1.38. The summed E-state index contributed by atoms with van der Waals surface area (Å²) in [5.74, 6) is -0.311. The molecule has 0 aliphatic heterocycles. The highest BCUT2D eigenvalue weighted by Gasteiger charge is 2.05. The fraction of sp³-hybridized carbons (Fsp3) is 0.462. The Balaban J connectivity index is 2.16. The van der Waals surface area contributed by atoms with Gasteiger partial charge in [0.05, 0.1) is 18.3 Å². The number of hydrogen-bond acceptors (Lipinski definition) is 2. The molecule has 16 heavy (non-hydrogen) atoms. The SMILES string of the molecule is C[C@H](F)CCCCOC(=O)c1ccccc1. The molecular weight excluding hydrogens is 207 g/mol. The van der Waals surface area contributed by atoms with E-state index in [4.69, 9.17) is 4.74 Å². The number of halogens is 1. The van der Waals surface area contributed by atoms with E-state index in [2.05, 4.69) is 0 Å². The van der Waals surface area contributed by atoms with Crippen LogP contribution in [0.25, 0.3) is 0 Å². The Labute approximate surface area is 95.4 Å². The summed E-state index contributed by atoms with van der Waals surface area (Å²) in [6.45, 7) is 1.90. The Morgan fingerprint density at radius 3 is 2.62 bits per heavy atom. The van der Waals surface area contributed by atoms with Crippen LogP contribution in [0.2, 0.25) is 0 Å². The molecule has 0 spiro atoms. The van der Waals surface area contributed by atoms with Crippen molar-refractivity contribution in [2.24, 2.45) is 0 Å². The van der Waals surface area contributed by atoms with Crippen LogP contribution in [0.5, 0.6) is 0 Å². The average Bonchev–Trinajstić information content (AvgIpc) is 2.29. The molecule has 0 radical (unpaired) electrons. The maximum atomic E-state index is 12.4. The van der Waals surface area contributed by atoms with Crippen LogP contribution in [0, 0.1) is 0 Å². The van der Waals surface area contributed by atoms with Crippen LogP contribution in [-0.2, 0) is 4.74 Å². The molecule has 0 saturated carbocycles. The van der Waals surface area contributed by atoms with E-state index in [0.29, 0.717) is 25.0 Å². The number of carbonyl (C=O) groups excluding carboxylic acids is 1. The Kier molecular flexibility index (Phi) is 5.54. The summed E-state index contributed by atoms with van der Waals surface area (Å²) in [4.78, 5) is 11.4. The zero-order chi connectivity index (χ0) is 11.8. The lowest BCUT2D eigenvalue weighted by molar-refractivity contribution is 0.0496. The predicted octanol–water partition coefficient (Wildman–Crippen LogP) is 3.37. The summed E-state index contributed by atoms with van der Waals surface area (Å²) < 4.78 is 17.5. The van der Waals surface area contributed by atoms with Gasteiger partial charge in [-0.3, -0.25) is 0 Å². The molecule has 88 valence electrons. The van der Waals surface area contributed by atoms with Gasteiger partial charge in [-0.1, -0.05) is 18.2 Å². The van der Waals surface area contributed by atoms with Gasteiger partial charge in [0.15, 0.2) is 0 Å². The number of hydrogen-bond donors (Lipinski definition) is 0. The fourth-order valence-corrected chi connectivity index (χ4v) is 1.35. The molecule has 1 aromatic rings. The summed E-state index contributed by atoms with van der Waals surface area (Å²) in [6.07, 6.45) is 1.22. The first-order chi connectivity index (χ1) is 7.70. The number of unbranched alkanes of at least 4 members (excludes halogenated alkanes) is 1. The third-order valence-corrected chi connectivity index (χ3v) is 2.24. The maximum Gasteiger partial charge on any atom is 0.338 e. The van der Waals surface area contributed by atoms with Gasteiger partial charge in [0.1, 0.15) is 0 Å².